The predicted molar refractivity (Wildman–Crippen MR) is 71.8 cm³/mol. The Bertz CT molecular complexity index is 540. The summed E-state index contributed by atoms with van der Waals surface area (Å²) in [7, 11) is 3.80. The van der Waals surface area contributed by atoms with Crippen LogP contribution in [-0.2, 0) is 13.5 Å². The number of aryl methyl sites for hydroxylation is 1. The van der Waals surface area contributed by atoms with Crippen molar-refractivity contribution < 1.29 is 13.5 Å². The van der Waals surface area contributed by atoms with Gasteiger partial charge in [-0.05, 0) is 24.7 Å². The van der Waals surface area contributed by atoms with Gasteiger partial charge in [-0.1, -0.05) is 12.1 Å². The number of nitrogens with zero attached hydrogens (tertiary/aromatic N) is 2. The molecular formula is C14H17F2N3O. The Hall–Kier alpha value is -1.95. The number of alkyl halides is 2. The predicted octanol–water partition coefficient (Wildman–Crippen LogP) is 2.52. The number of hydrogen-bond acceptors (Lipinski definition) is 3. The fourth-order valence-corrected chi connectivity index (χ4v) is 2.04. The first-order valence-corrected chi connectivity index (χ1v) is 6.28. The molecule has 6 heteroatoms. The van der Waals surface area contributed by atoms with E-state index in [1.54, 1.807) is 30.5 Å². The summed E-state index contributed by atoms with van der Waals surface area (Å²) >= 11 is 0. The van der Waals surface area contributed by atoms with Gasteiger partial charge in [-0.2, -0.15) is 8.78 Å². The van der Waals surface area contributed by atoms with Crippen molar-refractivity contribution in [3.05, 3.63) is 48.0 Å². The molecule has 0 radical (unpaired) electrons. The summed E-state index contributed by atoms with van der Waals surface area (Å²) in [6.45, 7) is -2.80. The van der Waals surface area contributed by atoms with Gasteiger partial charge in [-0.3, -0.25) is 0 Å². The average Bonchev–Trinajstić information content (AvgIpc) is 2.82. The standard InChI is InChI=1S/C14H17F2N3O/c1-17-12(9-13-18-7-8-19(13)2)10-3-5-11(6-4-10)20-14(15)16/h3-8,12,14,17H,9H2,1-2H3. The number of aromatic nitrogens is 2. The molecule has 0 aliphatic carbocycles. The van der Waals surface area contributed by atoms with Gasteiger partial charge in [-0.25, -0.2) is 4.98 Å². The number of halogens is 2. The van der Waals surface area contributed by atoms with Crippen LogP contribution in [0.15, 0.2) is 36.7 Å². The Labute approximate surface area is 116 Å². The third-order valence-electron chi connectivity index (χ3n) is 3.16. The molecule has 2 aromatic rings. The molecule has 0 saturated carbocycles. The van der Waals surface area contributed by atoms with Crippen molar-refractivity contribution in [1.82, 2.24) is 14.9 Å². The Morgan fingerprint density at radius 3 is 2.50 bits per heavy atom. The summed E-state index contributed by atoms with van der Waals surface area (Å²) in [5.41, 5.74) is 0.997. The molecule has 1 unspecified atom stereocenters. The van der Waals surface area contributed by atoms with Crippen molar-refractivity contribution in [2.24, 2.45) is 7.05 Å². The van der Waals surface area contributed by atoms with Crippen LogP contribution in [0.1, 0.15) is 17.4 Å². The molecule has 108 valence electrons. The van der Waals surface area contributed by atoms with E-state index in [1.807, 2.05) is 24.9 Å². The summed E-state index contributed by atoms with van der Waals surface area (Å²) < 4.78 is 30.5. The highest BCUT2D eigenvalue weighted by Gasteiger charge is 2.13. The van der Waals surface area contributed by atoms with Gasteiger partial charge < -0.3 is 14.6 Å². The molecule has 2 rings (SSSR count). The van der Waals surface area contributed by atoms with E-state index in [4.69, 9.17) is 0 Å². The van der Waals surface area contributed by atoms with E-state index in [0.29, 0.717) is 0 Å². The van der Waals surface area contributed by atoms with Crippen LogP contribution in [0.4, 0.5) is 8.78 Å². The van der Waals surface area contributed by atoms with Crippen LogP contribution in [-0.4, -0.2) is 23.2 Å². The monoisotopic (exact) mass is 281 g/mol. The Balaban J connectivity index is 2.09. The maximum absolute atomic E-state index is 12.1. The van der Waals surface area contributed by atoms with E-state index in [-0.39, 0.29) is 11.8 Å². The third-order valence-corrected chi connectivity index (χ3v) is 3.16. The van der Waals surface area contributed by atoms with E-state index >= 15 is 0 Å². The van der Waals surface area contributed by atoms with Gasteiger partial charge in [0, 0.05) is 31.9 Å². The van der Waals surface area contributed by atoms with E-state index in [9.17, 15) is 8.78 Å². The highest BCUT2D eigenvalue weighted by atomic mass is 19.3. The van der Waals surface area contributed by atoms with Crippen LogP contribution in [0, 0.1) is 0 Å². The molecular weight excluding hydrogens is 264 g/mol. The molecule has 0 amide bonds. The molecule has 0 spiro atoms. The zero-order valence-electron chi connectivity index (χ0n) is 11.4. The normalized spacial score (nSPS) is 12.7. The molecule has 20 heavy (non-hydrogen) atoms. The minimum atomic E-state index is -2.80. The molecule has 1 aromatic carbocycles. The van der Waals surface area contributed by atoms with Gasteiger partial charge in [0.25, 0.3) is 0 Å². The second-order valence-electron chi connectivity index (χ2n) is 4.45. The first-order valence-electron chi connectivity index (χ1n) is 6.28. The minimum absolute atomic E-state index is 0.0664. The number of benzene rings is 1. The fraction of sp³-hybridized carbons (Fsp3) is 0.357. The second kappa shape index (κ2) is 6.47. The number of ether oxygens (including phenoxy) is 1. The van der Waals surface area contributed by atoms with Gasteiger partial charge in [0.2, 0.25) is 0 Å². The number of likely N-dealkylation sites (N-methyl/N-ethyl adjacent to an activating group) is 1. The van der Waals surface area contributed by atoms with Crippen molar-refractivity contribution >= 4 is 0 Å². The minimum Gasteiger partial charge on any atom is -0.435 e. The zero-order chi connectivity index (χ0) is 14.5. The largest absolute Gasteiger partial charge is 0.435 e. The zero-order valence-corrected chi connectivity index (χ0v) is 11.4. The summed E-state index contributed by atoms with van der Waals surface area (Å²) in [5, 5.41) is 3.20. The van der Waals surface area contributed by atoms with Crippen LogP contribution >= 0.6 is 0 Å². The molecule has 1 N–H and O–H groups in total. The first kappa shape index (κ1) is 14.5. The van der Waals surface area contributed by atoms with Crippen LogP contribution in [0.25, 0.3) is 0 Å². The second-order valence-corrected chi connectivity index (χ2v) is 4.45. The van der Waals surface area contributed by atoms with Crippen LogP contribution in [0.2, 0.25) is 0 Å². The molecule has 0 aliphatic rings. The van der Waals surface area contributed by atoms with Crippen molar-refractivity contribution in [2.45, 2.75) is 19.1 Å². The van der Waals surface area contributed by atoms with Crippen molar-refractivity contribution in [3.8, 4) is 5.75 Å². The van der Waals surface area contributed by atoms with Gasteiger partial charge in [-0.15, -0.1) is 0 Å². The average molecular weight is 281 g/mol. The topological polar surface area (TPSA) is 39.1 Å². The lowest BCUT2D eigenvalue weighted by molar-refractivity contribution is -0.0498. The molecule has 0 aliphatic heterocycles. The molecule has 0 fully saturated rings. The van der Waals surface area contributed by atoms with Crippen molar-refractivity contribution in [3.63, 3.8) is 0 Å². The highest BCUT2D eigenvalue weighted by molar-refractivity contribution is 5.29. The molecule has 4 nitrogen and oxygen atoms in total. The van der Waals surface area contributed by atoms with Crippen molar-refractivity contribution in [2.75, 3.05) is 7.05 Å². The molecule has 1 aromatic heterocycles. The maximum Gasteiger partial charge on any atom is 0.387 e. The van der Waals surface area contributed by atoms with Gasteiger partial charge in [0.15, 0.2) is 0 Å². The van der Waals surface area contributed by atoms with Crippen molar-refractivity contribution in [1.29, 1.82) is 0 Å². The molecule has 0 bridgehead atoms. The van der Waals surface area contributed by atoms with E-state index in [2.05, 4.69) is 15.0 Å². The summed E-state index contributed by atoms with van der Waals surface area (Å²) in [5.74, 6) is 1.12. The summed E-state index contributed by atoms with van der Waals surface area (Å²) in [4.78, 5) is 4.29. The Kier molecular flexibility index (Phi) is 4.68. The van der Waals surface area contributed by atoms with E-state index in [0.717, 1.165) is 17.8 Å². The van der Waals surface area contributed by atoms with Crippen LogP contribution < -0.4 is 10.1 Å². The lowest BCUT2D eigenvalue weighted by Crippen LogP contribution is -2.20. The van der Waals surface area contributed by atoms with Crippen LogP contribution in [0.3, 0.4) is 0 Å². The highest BCUT2D eigenvalue weighted by Crippen LogP contribution is 2.21. The summed E-state index contributed by atoms with van der Waals surface area (Å²) in [6.07, 6.45) is 4.36. The smallest absolute Gasteiger partial charge is 0.387 e. The number of imidazole rings is 1. The van der Waals surface area contributed by atoms with Gasteiger partial charge in [0.05, 0.1) is 0 Å². The number of rotatable bonds is 6. The molecule has 0 saturated heterocycles. The lowest BCUT2D eigenvalue weighted by Gasteiger charge is -2.17. The molecule has 1 atom stereocenters. The quantitative estimate of drug-likeness (QED) is 0.884. The Morgan fingerprint density at radius 2 is 2.00 bits per heavy atom. The SMILES string of the molecule is CNC(Cc1nccn1C)c1ccc(OC(F)F)cc1. The first-order chi connectivity index (χ1) is 9.60. The fourth-order valence-electron chi connectivity index (χ4n) is 2.04. The van der Waals surface area contributed by atoms with E-state index in [1.165, 1.54) is 0 Å². The lowest BCUT2D eigenvalue weighted by atomic mass is 10.0. The van der Waals surface area contributed by atoms with Gasteiger partial charge in [0.1, 0.15) is 11.6 Å². The third kappa shape index (κ3) is 3.54. The number of nitrogens with one attached hydrogen (secondary N) is 1. The maximum atomic E-state index is 12.1. The van der Waals surface area contributed by atoms with Gasteiger partial charge >= 0.3 is 6.61 Å². The number of hydrogen-bond donors (Lipinski definition) is 1. The van der Waals surface area contributed by atoms with Crippen LogP contribution in [0.5, 0.6) is 5.75 Å². The molecule has 1 heterocycles. The Morgan fingerprint density at radius 1 is 1.30 bits per heavy atom. The van der Waals surface area contributed by atoms with E-state index < -0.39 is 6.61 Å². The summed E-state index contributed by atoms with van der Waals surface area (Å²) in [6, 6.07) is 6.72.